The van der Waals surface area contributed by atoms with E-state index >= 15 is 0 Å². The van der Waals surface area contributed by atoms with Gasteiger partial charge in [-0.15, -0.1) is 0 Å². The molecule has 3 unspecified atom stereocenters. The monoisotopic (exact) mass is 328 g/mol. The maximum Gasteiger partial charge on any atom is 0.322 e. The van der Waals surface area contributed by atoms with Crippen molar-refractivity contribution in [3.8, 4) is 0 Å². The molecule has 3 atom stereocenters. The highest BCUT2D eigenvalue weighted by Gasteiger charge is 2.51. The third-order valence-electron chi connectivity index (χ3n) is 4.26. The number of amides is 2. The fraction of sp³-hybridized carbons (Fsp3) is 0.429. The molecule has 2 heterocycles. The van der Waals surface area contributed by atoms with Crippen molar-refractivity contribution in [2.45, 2.75) is 31.3 Å². The quantitative estimate of drug-likeness (QED) is 0.873. The lowest BCUT2D eigenvalue weighted by molar-refractivity contribution is -0.142. The summed E-state index contributed by atoms with van der Waals surface area (Å²) in [6.45, 7) is 0. The predicted molar refractivity (Wildman–Crippen MR) is 79.9 cm³/mol. The minimum absolute atomic E-state index is 0.0128. The topological polar surface area (TPSA) is 69.6 Å². The SMILES string of the molecule is O=C(O)C1CC2CCC1N2C(=O)Nc1ccc(Cl)c(Cl)c1. The Morgan fingerprint density at radius 1 is 1.24 bits per heavy atom. The van der Waals surface area contributed by atoms with Crippen molar-refractivity contribution >= 4 is 40.9 Å². The number of carbonyl (C=O) groups is 2. The van der Waals surface area contributed by atoms with Gasteiger partial charge in [-0.1, -0.05) is 23.2 Å². The number of urea groups is 1. The third-order valence-corrected chi connectivity index (χ3v) is 5.00. The Hall–Kier alpha value is -1.46. The summed E-state index contributed by atoms with van der Waals surface area (Å²) < 4.78 is 0. The van der Waals surface area contributed by atoms with Gasteiger partial charge >= 0.3 is 12.0 Å². The van der Waals surface area contributed by atoms with Crippen molar-refractivity contribution in [3.05, 3.63) is 28.2 Å². The molecule has 0 saturated carbocycles. The highest BCUT2D eigenvalue weighted by Crippen LogP contribution is 2.42. The number of rotatable bonds is 2. The molecular formula is C14H14Cl2N2O3. The number of aliphatic carboxylic acids is 1. The van der Waals surface area contributed by atoms with Crippen LogP contribution < -0.4 is 5.32 Å². The zero-order chi connectivity index (χ0) is 15.1. The van der Waals surface area contributed by atoms with E-state index in [4.69, 9.17) is 23.2 Å². The number of benzene rings is 1. The Bertz CT molecular complexity index is 608. The van der Waals surface area contributed by atoms with Gasteiger partial charge in [-0.05, 0) is 37.5 Å². The molecule has 5 nitrogen and oxygen atoms in total. The summed E-state index contributed by atoms with van der Waals surface area (Å²) >= 11 is 11.8. The van der Waals surface area contributed by atoms with Crippen LogP contribution in [0.1, 0.15) is 19.3 Å². The van der Waals surface area contributed by atoms with Crippen LogP contribution in [0.5, 0.6) is 0 Å². The second-order valence-corrected chi connectivity index (χ2v) is 6.26. The largest absolute Gasteiger partial charge is 0.481 e. The Balaban J connectivity index is 1.74. The summed E-state index contributed by atoms with van der Waals surface area (Å²) in [5, 5.41) is 12.7. The number of anilines is 1. The van der Waals surface area contributed by atoms with Crippen LogP contribution in [0, 0.1) is 5.92 Å². The van der Waals surface area contributed by atoms with Gasteiger partial charge in [-0.25, -0.2) is 4.79 Å². The standard InChI is InChI=1S/C14H14Cl2N2O3/c15-10-3-1-7(5-11(10)16)17-14(21)18-8-2-4-12(18)9(6-8)13(19)20/h1,3,5,8-9,12H,2,4,6H2,(H,17,21)(H,19,20). The summed E-state index contributed by atoms with van der Waals surface area (Å²) in [5.41, 5.74) is 0.549. The zero-order valence-electron chi connectivity index (χ0n) is 11.1. The number of halogens is 2. The van der Waals surface area contributed by atoms with Crippen LogP contribution in [0.15, 0.2) is 18.2 Å². The van der Waals surface area contributed by atoms with E-state index in [0.29, 0.717) is 22.2 Å². The molecule has 2 bridgehead atoms. The van der Waals surface area contributed by atoms with Gasteiger partial charge in [0.05, 0.1) is 16.0 Å². The maximum absolute atomic E-state index is 12.4. The molecule has 0 spiro atoms. The van der Waals surface area contributed by atoms with E-state index in [0.717, 1.165) is 12.8 Å². The van der Waals surface area contributed by atoms with Gasteiger partial charge in [0, 0.05) is 17.8 Å². The number of carbonyl (C=O) groups excluding carboxylic acids is 1. The first-order valence-electron chi connectivity index (χ1n) is 6.74. The fourth-order valence-corrected chi connectivity index (χ4v) is 3.63. The number of hydrogen-bond donors (Lipinski definition) is 2. The smallest absolute Gasteiger partial charge is 0.322 e. The minimum Gasteiger partial charge on any atom is -0.481 e. The Kier molecular flexibility index (Phi) is 3.71. The molecule has 2 N–H and O–H groups in total. The summed E-state index contributed by atoms with van der Waals surface area (Å²) in [7, 11) is 0. The van der Waals surface area contributed by atoms with Crippen LogP contribution in [-0.4, -0.2) is 34.1 Å². The average molecular weight is 329 g/mol. The van der Waals surface area contributed by atoms with Gasteiger partial charge in [0.2, 0.25) is 0 Å². The first kappa shape index (κ1) is 14.5. The van der Waals surface area contributed by atoms with Crippen LogP contribution in [0.4, 0.5) is 10.5 Å². The highest BCUT2D eigenvalue weighted by atomic mass is 35.5. The van der Waals surface area contributed by atoms with E-state index < -0.39 is 11.9 Å². The lowest BCUT2D eigenvalue weighted by atomic mass is 9.89. The Labute approximate surface area is 131 Å². The molecule has 21 heavy (non-hydrogen) atoms. The second kappa shape index (κ2) is 5.39. The molecule has 2 amide bonds. The van der Waals surface area contributed by atoms with Gasteiger partial charge in [0.15, 0.2) is 0 Å². The molecule has 0 aliphatic carbocycles. The van der Waals surface area contributed by atoms with Crippen molar-refractivity contribution in [1.29, 1.82) is 0 Å². The van der Waals surface area contributed by atoms with Crippen molar-refractivity contribution in [3.63, 3.8) is 0 Å². The van der Waals surface area contributed by atoms with Gasteiger partial charge in [-0.3, -0.25) is 4.79 Å². The molecule has 3 rings (SSSR count). The van der Waals surface area contributed by atoms with Crippen LogP contribution >= 0.6 is 23.2 Å². The van der Waals surface area contributed by atoms with Crippen LogP contribution in [0.3, 0.4) is 0 Å². The van der Waals surface area contributed by atoms with Crippen molar-refractivity contribution in [2.24, 2.45) is 5.92 Å². The van der Waals surface area contributed by atoms with E-state index in [2.05, 4.69) is 5.32 Å². The predicted octanol–water partition coefficient (Wildman–Crippen LogP) is 3.46. The van der Waals surface area contributed by atoms with E-state index in [1.807, 2.05) is 0 Å². The first-order valence-corrected chi connectivity index (χ1v) is 7.50. The molecule has 0 radical (unpaired) electrons. The minimum atomic E-state index is -0.825. The number of fused-ring (bicyclic) bond motifs is 2. The number of carboxylic acid groups (broad SMARTS) is 1. The van der Waals surface area contributed by atoms with Crippen molar-refractivity contribution < 1.29 is 14.7 Å². The number of carboxylic acids is 1. The van der Waals surface area contributed by atoms with Crippen molar-refractivity contribution in [1.82, 2.24) is 4.90 Å². The van der Waals surface area contributed by atoms with E-state index in [1.165, 1.54) is 0 Å². The van der Waals surface area contributed by atoms with E-state index in [9.17, 15) is 14.7 Å². The number of hydrogen-bond acceptors (Lipinski definition) is 2. The normalized spacial score (nSPS) is 27.0. The molecule has 2 aliphatic rings. The van der Waals surface area contributed by atoms with Crippen molar-refractivity contribution in [2.75, 3.05) is 5.32 Å². The number of nitrogens with one attached hydrogen (secondary N) is 1. The Morgan fingerprint density at radius 2 is 2.00 bits per heavy atom. The zero-order valence-corrected chi connectivity index (χ0v) is 12.6. The summed E-state index contributed by atoms with van der Waals surface area (Å²) in [6.07, 6.45) is 2.15. The average Bonchev–Trinajstić information content (AvgIpc) is 3.00. The molecule has 2 aliphatic heterocycles. The van der Waals surface area contributed by atoms with Gasteiger partial charge < -0.3 is 15.3 Å². The lowest BCUT2D eigenvalue weighted by Crippen LogP contribution is -2.40. The molecule has 1 aromatic carbocycles. The number of nitrogens with zero attached hydrogens (tertiary/aromatic N) is 1. The molecule has 1 aromatic rings. The van der Waals surface area contributed by atoms with Gasteiger partial charge in [-0.2, -0.15) is 0 Å². The van der Waals surface area contributed by atoms with Crippen LogP contribution in [0.2, 0.25) is 10.0 Å². The van der Waals surface area contributed by atoms with Gasteiger partial charge in [0.1, 0.15) is 0 Å². The fourth-order valence-electron chi connectivity index (χ4n) is 3.33. The molecule has 0 aromatic heterocycles. The first-order chi connectivity index (χ1) is 9.97. The lowest BCUT2D eigenvalue weighted by Gasteiger charge is -2.23. The summed E-state index contributed by atoms with van der Waals surface area (Å²) in [6, 6.07) is 4.38. The molecule has 112 valence electrons. The van der Waals surface area contributed by atoms with E-state index in [-0.39, 0.29) is 18.1 Å². The van der Waals surface area contributed by atoms with Crippen LogP contribution in [0.25, 0.3) is 0 Å². The highest BCUT2D eigenvalue weighted by molar-refractivity contribution is 6.42. The van der Waals surface area contributed by atoms with Crippen LogP contribution in [-0.2, 0) is 4.79 Å². The summed E-state index contributed by atoms with van der Waals surface area (Å²) in [4.78, 5) is 25.3. The summed E-state index contributed by atoms with van der Waals surface area (Å²) in [5.74, 6) is -1.28. The molecular weight excluding hydrogens is 315 g/mol. The molecule has 2 saturated heterocycles. The maximum atomic E-state index is 12.4. The third kappa shape index (κ3) is 2.56. The molecule has 7 heteroatoms. The van der Waals surface area contributed by atoms with Gasteiger partial charge in [0.25, 0.3) is 0 Å². The molecule has 2 fully saturated rings. The second-order valence-electron chi connectivity index (χ2n) is 5.45. The van der Waals surface area contributed by atoms with E-state index in [1.54, 1.807) is 23.1 Å². The Morgan fingerprint density at radius 3 is 2.62 bits per heavy atom.